The van der Waals surface area contributed by atoms with E-state index >= 15 is 0 Å². The Kier molecular flexibility index (Phi) is 5.74. The van der Waals surface area contributed by atoms with Crippen LogP contribution in [0.4, 0.5) is 5.69 Å². The Balaban J connectivity index is 1.43. The molecular formula is C25H23N3O2S. The molecular weight excluding hydrogens is 406 g/mol. The van der Waals surface area contributed by atoms with E-state index in [9.17, 15) is 4.79 Å². The van der Waals surface area contributed by atoms with Crippen molar-refractivity contribution in [1.29, 1.82) is 0 Å². The van der Waals surface area contributed by atoms with Crippen molar-refractivity contribution in [2.45, 2.75) is 18.9 Å². The molecule has 3 heterocycles. The second kappa shape index (κ2) is 8.96. The lowest BCUT2D eigenvalue weighted by Crippen LogP contribution is -2.36. The van der Waals surface area contributed by atoms with Crippen molar-refractivity contribution < 1.29 is 9.53 Å². The molecule has 1 atom stereocenters. The molecule has 1 unspecified atom stereocenters. The first-order chi connectivity index (χ1) is 15.3. The van der Waals surface area contributed by atoms with E-state index in [1.807, 2.05) is 73.1 Å². The molecule has 1 amide bonds. The van der Waals surface area contributed by atoms with Gasteiger partial charge < -0.3 is 9.30 Å². The van der Waals surface area contributed by atoms with E-state index in [1.165, 1.54) is 11.8 Å². The number of para-hydroxylation sites is 2. The van der Waals surface area contributed by atoms with Gasteiger partial charge in [-0.25, -0.2) is 4.99 Å². The molecule has 2 aliphatic rings. The number of amidine groups is 1. The fourth-order valence-electron chi connectivity index (χ4n) is 3.77. The molecule has 1 aromatic heterocycles. The van der Waals surface area contributed by atoms with Gasteiger partial charge in [0.15, 0.2) is 5.17 Å². The largest absolute Gasteiger partial charge is 0.376 e. The van der Waals surface area contributed by atoms with Crippen LogP contribution in [0, 0.1) is 0 Å². The minimum atomic E-state index is -0.0114. The van der Waals surface area contributed by atoms with Gasteiger partial charge in [-0.15, -0.1) is 0 Å². The number of benzene rings is 2. The van der Waals surface area contributed by atoms with Gasteiger partial charge >= 0.3 is 0 Å². The van der Waals surface area contributed by atoms with E-state index in [-0.39, 0.29) is 12.0 Å². The van der Waals surface area contributed by atoms with Gasteiger partial charge in [-0.2, -0.15) is 0 Å². The highest BCUT2D eigenvalue weighted by molar-refractivity contribution is 8.18. The monoisotopic (exact) mass is 429 g/mol. The standard InChI is InChI=1S/C25H23N3O2S/c29-24-23(16-19-13-14-27(17-19)21-10-5-2-6-11-21)31-25(26-20-8-3-1-4-9-20)28(24)18-22-12-7-15-30-22/h1-6,8-11,13-14,16-17,22H,7,12,15,18H2/b23-16+,26-25?. The van der Waals surface area contributed by atoms with Crippen molar-refractivity contribution in [3.05, 3.63) is 89.6 Å². The van der Waals surface area contributed by atoms with Crippen LogP contribution < -0.4 is 0 Å². The summed E-state index contributed by atoms with van der Waals surface area (Å²) in [4.78, 5) is 20.5. The summed E-state index contributed by atoms with van der Waals surface area (Å²) in [6, 6.07) is 21.9. The van der Waals surface area contributed by atoms with Crippen molar-refractivity contribution in [3.63, 3.8) is 0 Å². The molecule has 6 heteroatoms. The van der Waals surface area contributed by atoms with E-state index < -0.39 is 0 Å². The first-order valence-electron chi connectivity index (χ1n) is 10.5. The van der Waals surface area contributed by atoms with E-state index in [0.29, 0.717) is 16.6 Å². The first kappa shape index (κ1) is 19.8. The average molecular weight is 430 g/mol. The quantitative estimate of drug-likeness (QED) is 0.520. The SMILES string of the molecule is O=C1/C(=C\c2ccn(-c3ccccc3)c2)SC(=Nc2ccccc2)N1CC1CCCO1. The maximum absolute atomic E-state index is 13.3. The zero-order valence-electron chi connectivity index (χ0n) is 17.1. The molecule has 2 saturated heterocycles. The summed E-state index contributed by atoms with van der Waals surface area (Å²) in [6.45, 7) is 1.31. The summed E-state index contributed by atoms with van der Waals surface area (Å²) in [5.74, 6) is -0.0114. The van der Waals surface area contributed by atoms with Gasteiger partial charge in [0.2, 0.25) is 0 Å². The molecule has 2 aliphatic heterocycles. The third kappa shape index (κ3) is 4.50. The molecule has 0 bridgehead atoms. The minimum Gasteiger partial charge on any atom is -0.376 e. The van der Waals surface area contributed by atoms with E-state index in [4.69, 9.17) is 9.73 Å². The number of nitrogens with zero attached hydrogens (tertiary/aromatic N) is 3. The fourth-order valence-corrected chi connectivity index (χ4v) is 4.78. The molecule has 0 radical (unpaired) electrons. The second-order valence-electron chi connectivity index (χ2n) is 7.58. The molecule has 0 N–H and O–H groups in total. The van der Waals surface area contributed by atoms with Gasteiger partial charge in [0.25, 0.3) is 5.91 Å². The number of carbonyl (C=O) groups excluding carboxylic acids is 1. The second-order valence-corrected chi connectivity index (χ2v) is 8.59. The highest BCUT2D eigenvalue weighted by Crippen LogP contribution is 2.35. The van der Waals surface area contributed by atoms with Gasteiger partial charge in [0, 0.05) is 24.7 Å². The number of amides is 1. The van der Waals surface area contributed by atoms with Gasteiger partial charge in [-0.05, 0) is 66.6 Å². The number of aliphatic imine (C=N–C) groups is 1. The van der Waals surface area contributed by atoms with Crippen LogP contribution in [0.5, 0.6) is 0 Å². The summed E-state index contributed by atoms with van der Waals surface area (Å²) >= 11 is 1.43. The lowest BCUT2D eigenvalue weighted by atomic mass is 10.2. The summed E-state index contributed by atoms with van der Waals surface area (Å²) in [6.07, 6.45) is 8.08. The molecule has 0 aliphatic carbocycles. The molecule has 2 fully saturated rings. The van der Waals surface area contributed by atoms with Crippen molar-refractivity contribution >= 4 is 34.6 Å². The van der Waals surface area contributed by atoms with E-state index in [1.54, 1.807) is 4.90 Å². The van der Waals surface area contributed by atoms with Crippen molar-refractivity contribution in [2.24, 2.45) is 4.99 Å². The zero-order chi connectivity index (χ0) is 21.0. The zero-order valence-corrected chi connectivity index (χ0v) is 17.9. The Bertz CT molecular complexity index is 1120. The maximum atomic E-state index is 13.3. The first-order valence-corrected chi connectivity index (χ1v) is 11.3. The number of rotatable bonds is 5. The summed E-state index contributed by atoms with van der Waals surface area (Å²) in [5.41, 5.74) is 2.91. The Morgan fingerprint density at radius 1 is 1.06 bits per heavy atom. The van der Waals surface area contributed by atoms with Gasteiger partial charge in [-0.1, -0.05) is 36.4 Å². The highest BCUT2D eigenvalue weighted by atomic mass is 32.2. The van der Waals surface area contributed by atoms with Crippen LogP contribution in [-0.4, -0.2) is 39.8 Å². The molecule has 0 spiro atoms. The van der Waals surface area contributed by atoms with Crippen LogP contribution in [0.15, 0.2) is 89.0 Å². The average Bonchev–Trinajstić information content (AvgIpc) is 3.54. The predicted octanol–water partition coefficient (Wildman–Crippen LogP) is 5.26. The Hall–Kier alpha value is -3.09. The maximum Gasteiger partial charge on any atom is 0.266 e. The van der Waals surface area contributed by atoms with Crippen molar-refractivity contribution in [3.8, 4) is 5.69 Å². The van der Waals surface area contributed by atoms with Gasteiger partial charge in [0.05, 0.1) is 23.2 Å². The van der Waals surface area contributed by atoms with Crippen LogP contribution in [0.2, 0.25) is 0 Å². The Labute approximate surface area is 186 Å². The number of hydrogen-bond acceptors (Lipinski definition) is 4. The van der Waals surface area contributed by atoms with Crippen LogP contribution >= 0.6 is 11.8 Å². The van der Waals surface area contributed by atoms with Gasteiger partial charge in [-0.3, -0.25) is 9.69 Å². The summed E-state index contributed by atoms with van der Waals surface area (Å²) in [5, 5.41) is 0.709. The Morgan fingerprint density at radius 3 is 2.58 bits per heavy atom. The fraction of sp³-hybridized carbons (Fsp3) is 0.200. The van der Waals surface area contributed by atoms with Crippen molar-refractivity contribution in [1.82, 2.24) is 9.47 Å². The van der Waals surface area contributed by atoms with E-state index in [2.05, 4.69) is 16.7 Å². The number of thioether (sulfide) groups is 1. The Morgan fingerprint density at radius 2 is 1.84 bits per heavy atom. The number of ether oxygens (including phenoxy) is 1. The smallest absolute Gasteiger partial charge is 0.266 e. The lowest BCUT2D eigenvalue weighted by Gasteiger charge is -2.19. The molecule has 3 aromatic rings. The third-order valence-corrected chi connectivity index (χ3v) is 6.35. The van der Waals surface area contributed by atoms with Crippen LogP contribution in [0.1, 0.15) is 18.4 Å². The molecule has 156 valence electrons. The van der Waals surface area contributed by atoms with Crippen LogP contribution in [-0.2, 0) is 9.53 Å². The molecule has 31 heavy (non-hydrogen) atoms. The van der Waals surface area contributed by atoms with Crippen molar-refractivity contribution in [2.75, 3.05) is 13.2 Å². The highest BCUT2D eigenvalue weighted by Gasteiger charge is 2.35. The minimum absolute atomic E-state index is 0.0114. The normalized spacial score (nSPS) is 21.5. The molecule has 5 nitrogen and oxygen atoms in total. The van der Waals surface area contributed by atoms with E-state index in [0.717, 1.165) is 36.4 Å². The third-order valence-electron chi connectivity index (χ3n) is 5.35. The topological polar surface area (TPSA) is 46.8 Å². The number of hydrogen-bond donors (Lipinski definition) is 0. The number of aromatic nitrogens is 1. The number of carbonyl (C=O) groups is 1. The van der Waals surface area contributed by atoms with Crippen LogP contribution in [0.25, 0.3) is 11.8 Å². The summed E-state index contributed by atoms with van der Waals surface area (Å²) < 4.78 is 7.84. The lowest BCUT2D eigenvalue weighted by molar-refractivity contribution is -0.123. The summed E-state index contributed by atoms with van der Waals surface area (Å²) in [7, 11) is 0. The molecule has 5 rings (SSSR count). The van der Waals surface area contributed by atoms with Gasteiger partial charge in [0.1, 0.15) is 0 Å². The molecule has 0 saturated carbocycles. The van der Waals surface area contributed by atoms with Crippen LogP contribution in [0.3, 0.4) is 0 Å². The predicted molar refractivity (Wildman–Crippen MR) is 126 cm³/mol. The molecule has 2 aromatic carbocycles.